The molecule has 2 heterocycles. The molecule has 116 valence electrons. The summed E-state index contributed by atoms with van der Waals surface area (Å²) < 4.78 is 6.47. The SMILES string of the molecule is O=[N+]([O-])c1ncccc1OCc1csc(-c2cccc(Br)c2)n1. The lowest BCUT2D eigenvalue weighted by atomic mass is 10.2. The molecular formula is C15H10BrN3O3S. The number of pyridine rings is 1. The Morgan fingerprint density at radius 1 is 1.30 bits per heavy atom. The summed E-state index contributed by atoms with van der Waals surface area (Å²) in [5, 5.41) is 13.6. The first-order valence-electron chi connectivity index (χ1n) is 6.56. The first kappa shape index (κ1) is 15.6. The Balaban J connectivity index is 1.74. The average Bonchev–Trinajstić information content (AvgIpc) is 3.02. The quantitative estimate of drug-likeness (QED) is 0.473. The van der Waals surface area contributed by atoms with Crippen molar-refractivity contribution in [3.63, 3.8) is 0 Å². The molecule has 8 heteroatoms. The number of thiazole rings is 1. The monoisotopic (exact) mass is 391 g/mol. The van der Waals surface area contributed by atoms with Gasteiger partial charge in [-0.25, -0.2) is 4.98 Å². The largest absolute Gasteiger partial charge is 0.479 e. The van der Waals surface area contributed by atoms with E-state index in [2.05, 4.69) is 25.9 Å². The lowest BCUT2D eigenvalue weighted by Gasteiger charge is -2.03. The van der Waals surface area contributed by atoms with Crippen LogP contribution in [0.1, 0.15) is 5.69 Å². The summed E-state index contributed by atoms with van der Waals surface area (Å²) >= 11 is 4.93. The number of nitrogens with zero attached hydrogens (tertiary/aromatic N) is 3. The highest BCUT2D eigenvalue weighted by molar-refractivity contribution is 9.10. The van der Waals surface area contributed by atoms with E-state index in [0.29, 0.717) is 5.69 Å². The summed E-state index contributed by atoms with van der Waals surface area (Å²) in [6, 6.07) is 11.0. The third-order valence-electron chi connectivity index (χ3n) is 2.92. The number of rotatable bonds is 5. The van der Waals surface area contributed by atoms with Gasteiger partial charge in [0.25, 0.3) is 0 Å². The van der Waals surface area contributed by atoms with Gasteiger partial charge in [0.2, 0.25) is 5.75 Å². The van der Waals surface area contributed by atoms with Crippen molar-refractivity contribution in [3.8, 4) is 16.3 Å². The average molecular weight is 392 g/mol. The predicted octanol–water partition coefficient (Wildman–Crippen LogP) is 4.45. The molecule has 1 aromatic carbocycles. The second-order valence-electron chi connectivity index (χ2n) is 4.53. The van der Waals surface area contributed by atoms with Crippen molar-refractivity contribution in [3.05, 3.63) is 68.3 Å². The molecule has 0 atom stereocenters. The van der Waals surface area contributed by atoms with Gasteiger partial charge < -0.3 is 14.9 Å². The lowest BCUT2D eigenvalue weighted by Crippen LogP contribution is -2.00. The Bertz CT molecular complexity index is 853. The lowest BCUT2D eigenvalue weighted by molar-refractivity contribution is -0.390. The van der Waals surface area contributed by atoms with Crippen LogP contribution in [0.2, 0.25) is 0 Å². The molecule has 0 saturated carbocycles. The number of benzene rings is 1. The maximum absolute atomic E-state index is 10.9. The number of ether oxygens (including phenoxy) is 1. The van der Waals surface area contributed by atoms with E-state index in [1.165, 1.54) is 23.6 Å². The van der Waals surface area contributed by atoms with E-state index in [1.807, 2.05) is 29.6 Å². The van der Waals surface area contributed by atoms with Crippen LogP contribution in [0.3, 0.4) is 0 Å². The van der Waals surface area contributed by atoms with Gasteiger partial charge in [0, 0.05) is 15.4 Å². The van der Waals surface area contributed by atoms with Crippen LogP contribution in [-0.2, 0) is 6.61 Å². The van der Waals surface area contributed by atoms with Gasteiger partial charge >= 0.3 is 5.82 Å². The molecule has 0 unspecified atom stereocenters. The number of nitro groups is 1. The van der Waals surface area contributed by atoms with Crippen LogP contribution in [0.5, 0.6) is 5.75 Å². The third-order valence-corrected chi connectivity index (χ3v) is 4.36. The fourth-order valence-corrected chi connectivity index (χ4v) is 3.11. The number of aromatic nitrogens is 2. The zero-order valence-electron chi connectivity index (χ0n) is 11.7. The number of hydrogen-bond acceptors (Lipinski definition) is 6. The Morgan fingerprint density at radius 3 is 2.96 bits per heavy atom. The molecule has 0 aliphatic heterocycles. The van der Waals surface area contributed by atoms with E-state index in [1.54, 1.807) is 6.07 Å². The minimum absolute atomic E-state index is 0.134. The second-order valence-corrected chi connectivity index (χ2v) is 6.30. The molecule has 23 heavy (non-hydrogen) atoms. The van der Waals surface area contributed by atoms with Gasteiger partial charge in [0.05, 0.1) is 5.69 Å². The predicted molar refractivity (Wildman–Crippen MR) is 90.5 cm³/mol. The Morgan fingerprint density at radius 2 is 2.17 bits per heavy atom. The molecule has 0 N–H and O–H groups in total. The van der Waals surface area contributed by atoms with Gasteiger partial charge in [-0.15, -0.1) is 11.3 Å². The van der Waals surface area contributed by atoms with Gasteiger partial charge in [-0.2, -0.15) is 0 Å². The zero-order chi connectivity index (χ0) is 16.2. The van der Waals surface area contributed by atoms with Crippen molar-refractivity contribution < 1.29 is 9.66 Å². The molecule has 0 aliphatic carbocycles. The molecule has 3 rings (SSSR count). The van der Waals surface area contributed by atoms with Crippen molar-refractivity contribution in [2.45, 2.75) is 6.61 Å². The van der Waals surface area contributed by atoms with Gasteiger partial charge in [0.1, 0.15) is 17.8 Å². The topological polar surface area (TPSA) is 78.2 Å². The van der Waals surface area contributed by atoms with E-state index >= 15 is 0 Å². The van der Waals surface area contributed by atoms with Gasteiger partial charge in [0.15, 0.2) is 0 Å². The van der Waals surface area contributed by atoms with Crippen LogP contribution in [0.15, 0.2) is 52.4 Å². The van der Waals surface area contributed by atoms with Crippen LogP contribution < -0.4 is 4.74 Å². The van der Waals surface area contributed by atoms with Gasteiger partial charge in [-0.1, -0.05) is 28.1 Å². The number of halogens is 1. The summed E-state index contributed by atoms with van der Waals surface area (Å²) in [4.78, 5) is 18.5. The minimum atomic E-state index is -0.566. The van der Waals surface area contributed by atoms with Gasteiger partial charge in [-0.05, 0) is 34.2 Å². The van der Waals surface area contributed by atoms with Crippen LogP contribution in [0.4, 0.5) is 5.82 Å². The molecule has 6 nitrogen and oxygen atoms in total. The molecular weight excluding hydrogens is 382 g/mol. The van der Waals surface area contributed by atoms with Crippen LogP contribution >= 0.6 is 27.3 Å². The van der Waals surface area contributed by atoms with Crippen LogP contribution in [0, 0.1) is 10.1 Å². The Kier molecular flexibility index (Phi) is 4.63. The third kappa shape index (κ3) is 3.72. The maximum atomic E-state index is 10.9. The van der Waals surface area contributed by atoms with Crippen LogP contribution in [-0.4, -0.2) is 14.9 Å². The molecule has 0 fully saturated rings. The smallest absolute Gasteiger partial charge is 0.406 e. The van der Waals surface area contributed by atoms with E-state index in [9.17, 15) is 10.1 Å². The molecule has 0 bridgehead atoms. The molecule has 0 amide bonds. The van der Waals surface area contributed by atoms with Crippen molar-refractivity contribution in [2.75, 3.05) is 0 Å². The summed E-state index contributed by atoms with van der Waals surface area (Å²) in [5.41, 5.74) is 1.71. The summed E-state index contributed by atoms with van der Waals surface area (Å²) in [6.45, 7) is 0.150. The van der Waals surface area contributed by atoms with Crippen molar-refractivity contribution >= 4 is 33.1 Å². The fraction of sp³-hybridized carbons (Fsp3) is 0.0667. The van der Waals surface area contributed by atoms with Crippen molar-refractivity contribution in [1.29, 1.82) is 0 Å². The fourth-order valence-electron chi connectivity index (χ4n) is 1.91. The molecule has 0 spiro atoms. The number of hydrogen-bond donors (Lipinski definition) is 0. The molecule has 3 aromatic rings. The molecule has 0 aliphatic rings. The Hall–Kier alpha value is -2.32. The summed E-state index contributed by atoms with van der Waals surface area (Å²) in [7, 11) is 0. The van der Waals surface area contributed by atoms with Crippen molar-refractivity contribution in [2.24, 2.45) is 0 Å². The highest BCUT2D eigenvalue weighted by atomic mass is 79.9. The van der Waals surface area contributed by atoms with E-state index in [0.717, 1.165) is 15.0 Å². The summed E-state index contributed by atoms with van der Waals surface area (Å²) in [5.74, 6) is -0.163. The normalized spacial score (nSPS) is 10.5. The van der Waals surface area contributed by atoms with E-state index < -0.39 is 4.92 Å². The van der Waals surface area contributed by atoms with E-state index in [4.69, 9.17) is 4.74 Å². The van der Waals surface area contributed by atoms with E-state index in [-0.39, 0.29) is 18.2 Å². The maximum Gasteiger partial charge on any atom is 0.406 e. The Labute approximate surface area is 144 Å². The summed E-state index contributed by atoms with van der Waals surface area (Å²) in [6.07, 6.45) is 1.36. The zero-order valence-corrected chi connectivity index (χ0v) is 14.1. The molecule has 0 saturated heterocycles. The van der Waals surface area contributed by atoms with Crippen LogP contribution in [0.25, 0.3) is 10.6 Å². The molecule has 2 aromatic heterocycles. The first-order valence-corrected chi connectivity index (χ1v) is 8.23. The van der Waals surface area contributed by atoms with Gasteiger partial charge in [-0.3, -0.25) is 0 Å². The van der Waals surface area contributed by atoms with Crippen molar-refractivity contribution in [1.82, 2.24) is 9.97 Å². The first-order chi connectivity index (χ1) is 11.1. The second kappa shape index (κ2) is 6.84. The standard InChI is InChI=1S/C15H10BrN3O3S/c16-11-4-1-3-10(7-11)15-18-12(9-23-15)8-22-13-5-2-6-17-14(13)19(20)21/h1-7,9H,8H2. The highest BCUT2D eigenvalue weighted by Gasteiger charge is 2.16. The minimum Gasteiger partial charge on any atom is -0.479 e. The molecule has 0 radical (unpaired) electrons. The highest BCUT2D eigenvalue weighted by Crippen LogP contribution is 2.28.